The monoisotopic (exact) mass is 156 g/mol. The van der Waals surface area contributed by atoms with Gasteiger partial charge in [-0.3, -0.25) is 9.97 Å². The van der Waals surface area contributed by atoms with Crippen molar-refractivity contribution in [1.82, 2.24) is 9.97 Å². The molecular formula is C7H9FN2O. The summed E-state index contributed by atoms with van der Waals surface area (Å²) in [6.07, 6.45) is 1.73. The summed E-state index contributed by atoms with van der Waals surface area (Å²) in [6.45, 7) is 0.955. The van der Waals surface area contributed by atoms with E-state index >= 15 is 0 Å². The van der Waals surface area contributed by atoms with Crippen molar-refractivity contribution >= 4 is 0 Å². The van der Waals surface area contributed by atoms with Crippen LogP contribution in [0.4, 0.5) is 4.39 Å². The van der Waals surface area contributed by atoms with Crippen LogP contribution in [0.1, 0.15) is 17.5 Å². The van der Waals surface area contributed by atoms with Crippen molar-refractivity contribution in [3.8, 4) is 0 Å². The molecule has 0 radical (unpaired) electrons. The lowest BCUT2D eigenvalue weighted by molar-refractivity contribution is 0.137. The predicted octanol–water partition coefficient (Wildman–Crippen LogP) is 0.788. The van der Waals surface area contributed by atoms with Gasteiger partial charge in [0.05, 0.1) is 17.6 Å². The van der Waals surface area contributed by atoms with E-state index in [9.17, 15) is 4.39 Å². The van der Waals surface area contributed by atoms with Crippen LogP contribution in [0.5, 0.6) is 0 Å². The zero-order valence-corrected chi connectivity index (χ0v) is 6.16. The maximum Gasteiger partial charge on any atom is 0.126 e. The molecule has 0 spiro atoms. The lowest BCUT2D eigenvalue weighted by atomic mass is 10.3. The highest BCUT2D eigenvalue weighted by molar-refractivity contribution is 5.03. The third-order valence-electron chi connectivity index (χ3n) is 1.29. The van der Waals surface area contributed by atoms with E-state index in [4.69, 9.17) is 5.11 Å². The number of nitrogens with zero attached hydrogens (tertiary/aromatic N) is 2. The van der Waals surface area contributed by atoms with Gasteiger partial charge in [-0.1, -0.05) is 0 Å². The van der Waals surface area contributed by atoms with E-state index in [-0.39, 0.29) is 5.69 Å². The van der Waals surface area contributed by atoms with Crippen LogP contribution in [-0.4, -0.2) is 21.7 Å². The fourth-order valence-corrected chi connectivity index (χ4v) is 0.654. The van der Waals surface area contributed by atoms with Crippen molar-refractivity contribution in [3.63, 3.8) is 0 Å². The molecule has 0 aliphatic carbocycles. The van der Waals surface area contributed by atoms with E-state index < -0.39 is 12.8 Å². The Morgan fingerprint density at radius 2 is 2.27 bits per heavy atom. The highest BCUT2D eigenvalue weighted by Gasteiger charge is 2.07. The Kier molecular flexibility index (Phi) is 2.48. The van der Waals surface area contributed by atoms with Crippen molar-refractivity contribution in [1.29, 1.82) is 0 Å². The molecule has 1 heterocycles. The summed E-state index contributed by atoms with van der Waals surface area (Å²) in [5.41, 5.74) is 1.03. The largest absolute Gasteiger partial charge is 0.384 e. The molecule has 0 amide bonds. The maximum absolute atomic E-state index is 11.9. The summed E-state index contributed by atoms with van der Waals surface area (Å²) in [5, 5.41) is 8.94. The smallest absolute Gasteiger partial charge is 0.126 e. The molecule has 1 rings (SSSR count). The summed E-state index contributed by atoms with van der Waals surface area (Å²) in [5.74, 6) is 0. The van der Waals surface area contributed by atoms with Gasteiger partial charge in [-0.2, -0.15) is 0 Å². The summed E-state index contributed by atoms with van der Waals surface area (Å²) < 4.78 is 11.9. The fourth-order valence-electron chi connectivity index (χ4n) is 0.654. The Morgan fingerprint density at radius 1 is 1.55 bits per heavy atom. The Balaban J connectivity index is 2.81. The molecule has 4 heteroatoms. The number of alkyl halides is 1. The normalized spacial score (nSPS) is 13.0. The molecule has 1 aromatic heterocycles. The summed E-state index contributed by atoms with van der Waals surface area (Å²) >= 11 is 0. The lowest BCUT2D eigenvalue weighted by Crippen LogP contribution is -2.02. The Hall–Kier alpha value is -1.03. The number of aliphatic hydroxyl groups excluding tert-OH is 1. The van der Waals surface area contributed by atoms with Gasteiger partial charge in [-0.25, -0.2) is 4.39 Å². The molecule has 60 valence electrons. The molecule has 1 atom stereocenters. The number of hydrogen-bond donors (Lipinski definition) is 1. The molecule has 1 aromatic rings. The summed E-state index contributed by atoms with van der Waals surface area (Å²) in [6, 6.07) is 0. The van der Waals surface area contributed by atoms with Gasteiger partial charge in [-0.15, -0.1) is 0 Å². The second-order valence-electron chi connectivity index (χ2n) is 2.25. The number of aliphatic hydroxyl groups is 1. The van der Waals surface area contributed by atoms with E-state index in [1.807, 2.05) is 0 Å². The van der Waals surface area contributed by atoms with E-state index in [1.165, 1.54) is 12.4 Å². The SMILES string of the molecule is Cc1cnc(C(O)CF)cn1. The van der Waals surface area contributed by atoms with E-state index in [2.05, 4.69) is 9.97 Å². The third-order valence-corrected chi connectivity index (χ3v) is 1.29. The highest BCUT2D eigenvalue weighted by atomic mass is 19.1. The molecule has 11 heavy (non-hydrogen) atoms. The second-order valence-corrected chi connectivity index (χ2v) is 2.25. The van der Waals surface area contributed by atoms with Gasteiger partial charge in [0.25, 0.3) is 0 Å². The molecule has 0 fully saturated rings. The van der Waals surface area contributed by atoms with Crippen LogP contribution in [0.3, 0.4) is 0 Å². The van der Waals surface area contributed by atoms with Crippen LogP contribution in [0.25, 0.3) is 0 Å². The minimum absolute atomic E-state index is 0.276. The Labute approximate surface area is 63.9 Å². The van der Waals surface area contributed by atoms with Gasteiger partial charge >= 0.3 is 0 Å². The molecule has 1 unspecified atom stereocenters. The molecule has 0 aliphatic heterocycles. The summed E-state index contributed by atoms with van der Waals surface area (Å²) in [4.78, 5) is 7.66. The van der Waals surface area contributed by atoms with Gasteiger partial charge in [0.2, 0.25) is 0 Å². The van der Waals surface area contributed by atoms with Crippen LogP contribution >= 0.6 is 0 Å². The Morgan fingerprint density at radius 3 is 2.73 bits per heavy atom. The molecule has 0 aromatic carbocycles. The molecule has 0 saturated heterocycles. The minimum Gasteiger partial charge on any atom is -0.384 e. The average Bonchev–Trinajstić information content (AvgIpc) is 2.05. The van der Waals surface area contributed by atoms with Crippen molar-refractivity contribution in [3.05, 3.63) is 23.8 Å². The minimum atomic E-state index is -1.14. The fraction of sp³-hybridized carbons (Fsp3) is 0.429. The van der Waals surface area contributed by atoms with Crippen LogP contribution < -0.4 is 0 Å². The molecule has 0 bridgehead atoms. The zero-order chi connectivity index (χ0) is 8.27. The average molecular weight is 156 g/mol. The molecule has 1 N–H and O–H groups in total. The van der Waals surface area contributed by atoms with E-state index in [0.717, 1.165) is 5.69 Å². The Bertz CT molecular complexity index is 224. The molecule has 0 aliphatic rings. The standard InChI is InChI=1S/C7H9FN2O/c1-5-3-10-6(4-9-5)7(11)2-8/h3-4,7,11H,2H2,1H3. The van der Waals surface area contributed by atoms with Crippen molar-refractivity contribution in [2.24, 2.45) is 0 Å². The molecule has 0 saturated carbocycles. The van der Waals surface area contributed by atoms with Crippen LogP contribution in [0.15, 0.2) is 12.4 Å². The number of aryl methyl sites for hydroxylation is 1. The van der Waals surface area contributed by atoms with Crippen LogP contribution in [-0.2, 0) is 0 Å². The number of halogens is 1. The second kappa shape index (κ2) is 3.39. The van der Waals surface area contributed by atoms with E-state index in [1.54, 1.807) is 6.92 Å². The number of hydrogen-bond acceptors (Lipinski definition) is 3. The summed E-state index contributed by atoms with van der Waals surface area (Å²) in [7, 11) is 0. The van der Waals surface area contributed by atoms with Gasteiger partial charge < -0.3 is 5.11 Å². The van der Waals surface area contributed by atoms with Gasteiger partial charge in [0.1, 0.15) is 12.8 Å². The first kappa shape index (κ1) is 8.07. The van der Waals surface area contributed by atoms with E-state index in [0.29, 0.717) is 0 Å². The van der Waals surface area contributed by atoms with Crippen LogP contribution in [0, 0.1) is 6.92 Å². The van der Waals surface area contributed by atoms with Crippen molar-refractivity contribution in [2.75, 3.05) is 6.67 Å². The predicted molar refractivity (Wildman–Crippen MR) is 37.7 cm³/mol. The highest BCUT2D eigenvalue weighted by Crippen LogP contribution is 2.07. The molecular weight excluding hydrogens is 147 g/mol. The zero-order valence-electron chi connectivity index (χ0n) is 6.16. The maximum atomic E-state index is 11.9. The molecule has 3 nitrogen and oxygen atoms in total. The topological polar surface area (TPSA) is 46.0 Å². The van der Waals surface area contributed by atoms with Gasteiger partial charge in [0, 0.05) is 6.20 Å². The number of rotatable bonds is 2. The van der Waals surface area contributed by atoms with Crippen molar-refractivity contribution in [2.45, 2.75) is 13.0 Å². The van der Waals surface area contributed by atoms with Gasteiger partial charge in [-0.05, 0) is 6.92 Å². The first-order valence-electron chi connectivity index (χ1n) is 3.26. The lowest BCUT2D eigenvalue weighted by Gasteiger charge is -2.03. The first-order valence-corrected chi connectivity index (χ1v) is 3.26. The van der Waals surface area contributed by atoms with Crippen molar-refractivity contribution < 1.29 is 9.50 Å². The first-order chi connectivity index (χ1) is 5.24. The quantitative estimate of drug-likeness (QED) is 0.688. The van der Waals surface area contributed by atoms with Gasteiger partial charge in [0.15, 0.2) is 0 Å². The van der Waals surface area contributed by atoms with Crippen LogP contribution in [0.2, 0.25) is 0 Å². The number of aromatic nitrogens is 2. The third kappa shape index (κ3) is 1.94.